The van der Waals surface area contributed by atoms with Crippen LogP contribution >= 0.6 is 0 Å². The van der Waals surface area contributed by atoms with Crippen LogP contribution in [0, 0.1) is 0 Å². The average molecular weight is 817 g/mol. The van der Waals surface area contributed by atoms with Crippen molar-refractivity contribution in [3.05, 3.63) is 264 Å². The Balaban J connectivity index is 1.12. The van der Waals surface area contributed by atoms with Gasteiger partial charge in [0.05, 0.1) is 16.8 Å². The zero-order valence-corrected chi connectivity index (χ0v) is 35.8. The number of fused-ring (bicyclic) bond motifs is 15. The third-order valence-corrected chi connectivity index (χ3v) is 14.4. The van der Waals surface area contributed by atoms with Crippen LogP contribution in [-0.2, 0) is 10.8 Å². The summed E-state index contributed by atoms with van der Waals surface area (Å²) in [5.41, 5.74) is 21.9. The largest absolute Gasteiger partial charge is 0.310 e. The first-order valence-electron chi connectivity index (χ1n) is 22.4. The lowest BCUT2D eigenvalue weighted by molar-refractivity contribution is 0.661. The fourth-order valence-electron chi connectivity index (χ4n) is 11.9. The molecular formula is C62H44N2. The molecule has 2 nitrogen and oxygen atoms in total. The van der Waals surface area contributed by atoms with Gasteiger partial charge in [0, 0.05) is 33.7 Å². The van der Waals surface area contributed by atoms with Gasteiger partial charge in [-0.2, -0.15) is 0 Å². The molecule has 0 saturated carbocycles. The van der Waals surface area contributed by atoms with Gasteiger partial charge in [-0.3, -0.25) is 0 Å². The smallest absolute Gasteiger partial charge is 0.0746 e. The number of para-hydroxylation sites is 3. The standard InChI is InChI=1S/C62H44N2/c1-61(2)52-33-17-14-29-47(52)49-32-20-36-56(59(49)61)64(44-26-10-5-11-27-44)45-37-38-55-51(40-45)48-30-15-18-34-53(48)62(55)54-35-19-16-31-50(54)58-46-28-13-12-21-41(46)39-57(60(58)62)63(42-22-6-3-7-23-42)43-24-8-4-9-25-43/h3-40H,1-2H3. The Hall–Kier alpha value is -7.94. The van der Waals surface area contributed by atoms with Crippen molar-refractivity contribution in [3.63, 3.8) is 0 Å². The second-order valence-corrected chi connectivity index (χ2v) is 18.0. The quantitative estimate of drug-likeness (QED) is 0.165. The van der Waals surface area contributed by atoms with E-state index in [0.29, 0.717) is 0 Å². The minimum Gasteiger partial charge on any atom is -0.310 e. The Kier molecular flexibility index (Phi) is 7.90. The van der Waals surface area contributed by atoms with E-state index in [2.05, 4.69) is 254 Å². The van der Waals surface area contributed by atoms with Gasteiger partial charge >= 0.3 is 0 Å². The molecule has 1 unspecified atom stereocenters. The van der Waals surface area contributed by atoms with Crippen LogP contribution in [0.1, 0.15) is 47.2 Å². The van der Waals surface area contributed by atoms with Crippen LogP contribution in [0.2, 0.25) is 0 Å². The van der Waals surface area contributed by atoms with E-state index in [4.69, 9.17) is 0 Å². The summed E-state index contributed by atoms with van der Waals surface area (Å²) in [6.07, 6.45) is 0. The molecule has 64 heavy (non-hydrogen) atoms. The second kappa shape index (κ2) is 13.8. The van der Waals surface area contributed by atoms with Crippen molar-refractivity contribution in [2.24, 2.45) is 0 Å². The minimum absolute atomic E-state index is 0.192. The number of anilines is 6. The maximum Gasteiger partial charge on any atom is 0.0746 e. The summed E-state index contributed by atoms with van der Waals surface area (Å²) in [5, 5.41) is 2.49. The molecule has 3 aliphatic carbocycles. The van der Waals surface area contributed by atoms with E-state index in [1.165, 1.54) is 88.9 Å². The van der Waals surface area contributed by atoms with Crippen molar-refractivity contribution in [1.82, 2.24) is 0 Å². The van der Waals surface area contributed by atoms with Gasteiger partial charge in [-0.05, 0) is 133 Å². The fourth-order valence-corrected chi connectivity index (χ4v) is 11.9. The summed E-state index contributed by atoms with van der Waals surface area (Å²) in [4.78, 5) is 4.99. The molecule has 0 amide bonds. The topological polar surface area (TPSA) is 6.48 Å². The third-order valence-electron chi connectivity index (χ3n) is 14.4. The lowest BCUT2D eigenvalue weighted by atomic mass is 9.69. The summed E-state index contributed by atoms with van der Waals surface area (Å²) in [6, 6.07) is 85.7. The Morgan fingerprint density at radius 1 is 0.312 bits per heavy atom. The molecule has 0 N–H and O–H groups in total. The number of benzene rings is 10. The van der Waals surface area contributed by atoms with Crippen molar-refractivity contribution >= 4 is 44.9 Å². The van der Waals surface area contributed by atoms with Crippen LogP contribution in [0.15, 0.2) is 231 Å². The van der Waals surface area contributed by atoms with Gasteiger partial charge in [0.25, 0.3) is 0 Å². The summed E-state index contributed by atoms with van der Waals surface area (Å²) < 4.78 is 0. The maximum atomic E-state index is 2.50. The molecule has 3 aliphatic rings. The van der Waals surface area contributed by atoms with Gasteiger partial charge in [0.2, 0.25) is 0 Å². The van der Waals surface area contributed by atoms with Crippen LogP contribution in [0.25, 0.3) is 44.2 Å². The molecule has 0 aromatic heterocycles. The van der Waals surface area contributed by atoms with E-state index >= 15 is 0 Å². The molecular weight excluding hydrogens is 773 g/mol. The molecule has 13 rings (SSSR count). The highest BCUT2D eigenvalue weighted by molar-refractivity contribution is 6.11. The monoisotopic (exact) mass is 816 g/mol. The Morgan fingerprint density at radius 3 is 1.45 bits per heavy atom. The van der Waals surface area contributed by atoms with E-state index < -0.39 is 5.41 Å². The van der Waals surface area contributed by atoms with Gasteiger partial charge in [0.1, 0.15) is 0 Å². The highest BCUT2D eigenvalue weighted by atomic mass is 15.2. The van der Waals surface area contributed by atoms with Crippen molar-refractivity contribution in [2.45, 2.75) is 24.7 Å². The van der Waals surface area contributed by atoms with Crippen LogP contribution in [-0.4, -0.2) is 0 Å². The van der Waals surface area contributed by atoms with Crippen LogP contribution < -0.4 is 9.80 Å². The molecule has 1 spiro atoms. The van der Waals surface area contributed by atoms with Gasteiger partial charge in [-0.15, -0.1) is 0 Å². The van der Waals surface area contributed by atoms with Crippen LogP contribution in [0.5, 0.6) is 0 Å². The molecule has 0 heterocycles. The van der Waals surface area contributed by atoms with Crippen molar-refractivity contribution in [3.8, 4) is 33.4 Å². The summed E-state index contributed by atoms with van der Waals surface area (Å²) >= 11 is 0. The molecule has 10 aromatic carbocycles. The first kappa shape index (κ1) is 36.7. The van der Waals surface area contributed by atoms with E-state index in [-0.39, 0.29) is 5.41 Å². The first-order chi connectivity index (χ1) is 31.5. The molecule has 0 saturated heterocycles. The van der Waals surface area contributed by atoms with E-state index in [9.17, 15) is 0 Å². The lowest BCUT2D eigenvalue weighted by Crippen LogP contribution is -2.28. The number of hydrogen-bond donors (Lipinski definition) is 0. The highest BCUT2D eigenvalue weighted by Gasteiger charge is 2.54. The van der Waals surface area contributed by atoms with Crippen LogP contribution in [0.4, 0.5) is 34.1 Å². The highest BCUT2D eigenvalue weighted by Crippen LogP contribution is 2.67. The predicted octanol–water partition coefficient (Wildman–Crippen LogP) is 16.4. The third kappa shape index (κ3) is 4.97. The van der Waals surface area contributed by atoms with E-state index in [1.54, 1.807) is 0 Å². The minimum atomic E-state index is -0.604. The van der Waals surface area contributed by atoms with Gasteiger partial charge in [0.15, 0.2) is 0 Å². The van der Waals surface area contributed by atoms with Gasteiger partial charge in [-0.25, -0.2) is 0 Å². The Morgan fingerprint density at radius 2 is 0.797 bits per heavy atom. The van der Waals surface area contributed by atoms with Crippen molar-refractivity contribution < 1.29 is 0 Å². The van der Waals surface area contributed by atoms with Crippen LogP contribution in [0.3, 0.4) is 0 Å². The summed E-state index contributed by atoms with van der Waals surface area (Å²) in [5.74, 6) is 0. The van der Waals surface area contributed by atoms with E-state index in [1.807, 2.05) is 0 Å². The molecule has 1 atom stereocenters. The molecule has 0 radical (unpaired) electrons. The fraction of sp³-hybridized carbons (Fsp3) is 0.0645. The SMILES string of the molecule is CC1(C)c2ccccc2-c2cccc(N(c3ccccc3)c3ccc4c(c3)-c3ccccc3C43c4ccccc4-c4c3c(N(c3ccccc3)c3ccccc3)cc3ccccc43)c21. The molecule has 10 aromatic rings. The summed E-state index contributed by atoms with van der Waals surface area (Å²) in [7, 11) is 0. The number of hydrogen-bond acceptors (Lipinski definition) is 2. The molecule has 0 bridgehead atoms. The lowest BCUT2D eigenvalue weighted by Gasteiger charge is -2.36. The molecule has 2 heteroatoms. The first-order valence-corrected chi connectivity index (χ1v) is 22.4. The molecule has 0 aliphatic heterocycles. The number of nitrogens with zero attached hydrogens (tertiary/aromatic N) is 2. The maximum absolute atomic E-state index is 2.50. The zero-order valence-electron chi connectivity index (χ0n) is 35.8. The Bertz CT molecular complexity index is 3440. The van der Waals surface area contributed by atoms with Crippen molar-refractivity contribution in [2.75, 3.05) is 9.80 Å². The molecule has 302 valence electrons. The average Bonchev–Trinajstić information content (AvgIpc) is 3.92. The predicted molar refractivity (Wildman–Crippen MR) is 267 cm³/mol. The normalized spacial score (nSPS) is 15.5. The zero-order chi connectivity index (χ0) is 42.6. The van der Waals surface area contributed by atoms with Crippen molar-refractivity contribution in [1.29, 1.82) is 0 Å². The van der Waals surface area contributed by atoms with Gasteiger partial charge in [-0.1, -0.05) is 184 Å². The summed E-state index contributed by atoms with van der Waals surface area (Å²) in [6.45, 7) is 4.77. The number of rotatable bonds is 6. The second-order valence-electron chi connectivity index (χ2n) is 18.0. The Labute approximate surface area is 375 Å². The molecule has 0 fully saturated rings. The van der Waals surface area contributed by atoms with Gasteiger partial charge < -0.3 is 9.80 Å². The van der Waals surface area contributed by atoms with E-state index in [0.717, 1.165) is 22.7 Å².